The Kier molecular flexibility index (Phi) is 5.65. The van der Waals surface area contributed by atoms with E-state index in [1.807, 2.05) is 6.07 Å². The number of aliphatic hydroxyl groups excluding tert-OH is 1. The Morgan fingerprint density at radius 1 is 1.27 bits per heavy atom. The third-order valence-corrected chi connectivity index (χ3v) is 5.67. The number of aryl methyl sites for hydroxylation is 2. The summed E-state index contributed by atoms with van der Waals surface area (Å²) in [6.45, 7) is 7.38. The Balaban J connectivity index is 1.74. The Bertz CT molecular complexity index is 959. The van der Waals surface area contributed by atoms with Gasteiger partial charge in [0.1, 0.15) is 5.76 Å². The Labute approximate surface area is 174 Å². The molecule has 2 N–H and O–H groups in total. The predicted molar refractivity (Wildman–Crippen MR) is 109 cm³/mol. The van der Waals surface area contributed by atoms with Crippen molar-refractivity contribution in [2.45, 2.75) is 19.9 Å². The van der Waals surface area contributed by atoms with Crippen LogP contribution in [0, 0.1) is 13.8 Å². The van der Waals surface area contributed by atoms with Crippen LogP contribution in [0.25, 0.3) is 5.76 Å². The molecule has 0 bridgehead atoms. The normalized spacial score (nSPS) is 22.1. The first kappa shape index (κ1) is 20.2. The van der Waals surface area contributed by atoms with Gasteiger partial charge in [0.2, 0.25) is 0 Å². The quantitative estimate of drug-likeness (QED) is 0.432. The van der Waals surface area contributed by atoms with Crippen LogP contribution in [0.2, 0.25) is 0 Å². The van der Waals surface area contributed by atoms with Gasteiger partial charge in [0, 0.05) is 44.3 Å². The van der Waals surface area contributed by atoms with Crippen molar-refractivity contribution >= 4 is 17.4 Å². The lowest BCUT2D eigenvalue weighted by molar-refractivity contribution is -0.140. The van der Waals surface area contributed by atoms with Crippen molar-refractivity contribution in [2.75, 3.05) is 39.4 Å². The molecule has 4 rings (SSSR count). The van der Waals surface area contributed by atoms with Crippen LogP contribution >= 0.6 is 0 Å². The van der Waals surface area contributed by atoms with Gasteiger partial charge in [-0.1, -0.05) is 6.07 Å². The second-order valence-corrected chi connectivity index (χ2v) is 7.54. The van der Waals surface area contributed by atoms with Crippen LogP contribution < -0.4 is 0 Å². The number of H-pyrrole nitrogens is 1. The minimum atomic E-state index is -0.701. The van der Waals surface area contributed by atoms with Crippen LogP contribution in [0.15, 0.2) is 30.1 Å². The number of nitrogens with one attached hydrogen (secondary N) is 1. The van der Waals surface area contributed by atoms with E-state index in [9.17, 15) is 14.7 Å². The maximum Gasteiger partial charge on any atom is 0.295 e. The van der Waals surface area contributed by atoms with Crippen molar-refractivity contribution in [2.24, 2.45) is 0 Å². The number of aromatic nitrogens is 3. The van der Waals surface area contributed by atoms with Gasteiger partial charge in [-0.15, -0.1) is 0 Å². The lowest BCUT2D eigenvalue weighted by Gasteiger charge is -2.30. The van der Waals surface area contributed by atoms with Crippen LogP contribution in [0.3, 0.4) is 0 Å². The number of nitrogens with zero attached hydrogens (tertiary/aromatic N) is 4. The van der Waals surface area contributed by atoms with E-state index in [4.69, 9.17) is 4.74 Å². The van der Waals surface area contributed by atoms with Crippen molar-refractivity contribution in [3.8, 4) is 0 Å². The molecular formula is C21H25N5O4. The molecule has 158 valence electrons. The van der Waals surface area contributed by atoms with E-state index in [1.54, 1.807) is 32.3 Å². The molecule has 0 saturated carbocycles. The van der Waals surface area contributed by atoms with Gasteiger partial charge in [-0.25, -0.2) is 0 Å². The highest BCUT2D eigenvalue weighted by atomic mass is 16.5. The summed E-state index contributed by atoms with van der Waals surface area (Å²) in [5.74, 6) is -1.51. The first-order valence-electron chi connectivity index (χ1n) is 9.99. The number of hydrogen-bond donors (Lipinski definition) is 2. The second-order valence-electron chi connectivity index (χ2n) is 7.54. The van der Waals surface area contributed by atoms with Gasteiger partial charge in [0.25, 0.3) is 11.7 Å². The molecule has 4 heterocycles. The summed E-state index contributed by atoms with van der Waals surface area (Å²) in [6.07, 6.45) is 3.26. The number of carbonyl (C=O) groups excluding carboxylic acids is 2. The molecule has 2 aliphatic heterocycles. The summed E-state index contributed by atoms with van der Waals surface area (Å²) in [4.78, 5) is 33.9. The smallest absolute Gasteiger partial charge is 0.295 e. The molecule has 30 heavy (non-hydrogen) atoms. The third-order valence-electron chi connectivity index (χ3n) is 5.67. The lowest BCUT2D eigenvalue weighted by Crippen LogP contribution is -2.42. The zero-order valence-electron chi connectivity index (χ0n) is 17.1. The van der Waals surface area contributed by atoms with E-state index < -0.39 is 17.7 Å². The van der Waals surface area contributed by atoms with Crippen molar-refractivity contribution in [1.29, 1.82) is 0 Å². The maximum absolute atomic E-state index is 13.0. The molecular weight excluding hydrogens is 386 g/mol. The number of carbonyl (C=O) groups is 2. The standard InChI is InChI=1S/C21H25N5O4/c1-13-16(14(2)24-23-13)19(27)17-18(15-4-3-5-22-12-15)26(21(29)20(17)28)7-6-25-8-10-30-11-9-25/h3-5,12,18,27H,6-11H2,1-2H3,(H,23,24)/b19-17+/t18-/m0/s1. The summed E-state index contributed by atoms with van der Waals surface area (Å²) in [5, 5.41) is 18.0. The predicted octanol–water partition coefficient (Wildman–Crippen LogP) is 1.18. The number of pyridine rings is 1. The highest BCUT2D eigenvalue weighted by Crippen LogP contribution is 2.39. The topological polar surface area (TPSA) is 112 Å². The highest BCUT2D eigenvalue weighted by Gasteiger charge is 2.46. The molecule has 9 nitrogen and oxygen atoms in total. The molecule has 2 saturated heterocycles. The Morgan fingerprint density at radius 3 is 2.67 bits per heavy atom. The van der Waals surface area contributed by atoms with Crippen LogP contribution in [-0.4, -0.2) is 81.2 Å². The Hall–Kier alpha value is -3.04. The summed E-state index contributed by atoms with van der Waals surface area (Å²) in [5.41, 5.74) is 2.40. The van der Waals surface area contributed by atoms with Gasteiger partial charge in [-0.3, -0.25) is 24.6 Å². The summed E-state index contributed by atoms with van der Waals surface area (Å²) in [7, 11) is 0. The molecule has 2 aromatic heterocycles. The maximum atomic E-state index is 13.0. The minimum absolute atomic E-state index is 0.0718. The van der Waals surface area contributed by atoms with E-state index in [0.717, 1.165) is 13.1 Å². The number of rotatable bonds is 5. The number of aromatic amines is 1. The SMILES string of the molecule is Cc1n[nH]c(C)c1/C(O)=C1\C(=O)C(=O)N(CCN2CCOCC2)[C@H]1c1cccnc1. The molecule has 9 heteroatoms. The zero-order valence-corrected chi connectivity index (χ0v) is 17.1. The largest absolute Gasteiger partial charge is 0.507 e. The van der Waals surface area contributed by atoms with Gasteiger partial charge < -0.3 is 14.7 Å². The van der Waals surface area contributed by atoms with Crippen molar-refractivity contribution in [1.82, 2.24) is 25.0 Å². The molecule has 1 atom stereocenters. The molecule has 0 spiro atoms. The summed E-state index contributed by atoms with van der Waals surface area (Å²) >= 11 is 0. The molecule has 2 fully saturated rings. The number of ketones is 1. The van der Waals surface area contributed by atoms with Crippen LogP contribution in [0.5, 0.6) is 0 Å². The monoisotopic (exact) mass is 411 g/mol. The van der Waals surface area contributed by atoms with Gasteiger partial charge in [-0.05, 0) is 25.5 Å². The first-order chi connectivity index (χ1) is 14.5. The average Bonchev–Trinajstić information content (AvgIpc) is 3.23. The molecule has 0 unspecified atom stereocenters. The van der Waals surface area contributed by atoms with E-state index in [-0.39, 0.29) is 11.3 Å². The molecule has 0 aromatic carbocycles. The van der Waals surface area contributed by atoms with Crippen molar-refractivity contribution in [3.63, 3.8) is 0 Å². The number of hydrogen-bond acceptors (Lipinski definition) is 7. The molecule has 2 aliphatic rings. The van der Waals surface area contributed by atoms with Crippen molar-refractivity contribution < 1.29 is 19.4 Å². The van der Waals surface area contributed by atoms with E-state index in [0.29, 0.717) is 48.8 Å². The fourth-order valence-corrected chi connectivity index (χ4v) is 4.10. The number of Topliss-reactive ketones (excluding diaryl/α,β-unsaturated/α-hetero) is 1. The fourth-order valence-electron chi connectivity index (χ4n) is 4.10. The van der Waals surface area contributed by atoms with Crippen LogP contribution in [0.4, 0.5) is 0 Å². The molecule has 1 amide bonds. The van der Waals surface area contributed by atoms with Crippen LogP contribution in [0.1, 0.15) is 28.6 Å². The van der Waals surface area contributed by atoms with E-state index in [1.165, 1.54) is 4.90 Å². The Morgan fingerprint density at radius 2 is 2.03 bits per heavy atom. The minimum Gasteiger partial charge on any atom is -0.507 e. The number of aliphatic hydroxyl groups is 1. The van der Waals surface area contributed by atoms with Crippen LogP contribution in [-0.2, 0) is 14.3 Å². The second kappa shape index (κ2) is 8.37. The first-order valence-corrected chi connectivity index (χ1v) is 9.99. The summed E-state index contributed by atoms with van der Waals surface area (Å²) < 4.78 is 5.38. The van der Waals surface area contributed by atoms with E-state index in [2.05, 4.69) is 20.1 Å². The lowest BCUT2D eigenvalue weighted by atomic mass is 9.95. The number of ether oxygens (including phenoxy) is 1. The average molecular weight is 411 g/mol. The van der Waals surface area contributed by atoms with Gasteiger partial charge in [-0.2, -0.15) is 5.10 Å². The third kappa shape index (κ3) is 3.61. The molecule has 0 radical (unpaired) electrons. The number of morpholine rings is 1. The molecule has 0 aliphatic carbocycles. The molecule has 2 aromatic rings. The highest BCUT2D eigenvalue weighted by molar-refractivity contribution is 6.46. The van der Waals surface area contributed by atoms with Crippen molar-refractivity contribution in [3.05, 3.63) is 52.6 Å². The van der Waals surface area contributed by atoms with E-state index >= 15 is 0 Å². The zero-order chi connectivity index (χ0) is 21.3. The van der Waals surface area contributed by atoms with Gasteiger partial charge >= 0.3 is 0 Å². The number of amides is 1. The van der Waals surface area contributed by atoms with Gasteiger partial charge in [0.15, 0.2) is 0 Å². The van der Waals surface area contributed by atoms with Gasteiger partial charge in [0.05, 0.1) is 36.1 Å². The summed E-state index contributed by atoms with van der Waals surface area (Å²) in [6, 6.07) is 2.87. The number of likely N-dealkylation sites (tertiary alicyclic amines) is 1. The fraction of sp³-hybridized carbons (Fsp3) is 0.429.